The third-order valence-electron chi connectivity index (χ3n) is 3.73. The van der Waals surface area contributed by atoms with Crippen LogP contribution in [-0.2, 0) is 6.42 Å². The van der Waals surface area contributed by atoms with Gasteiger partial charge in [0.2, 0.25) is 0 Å². The fourth-order valence-corrected chi connectivity index (χ4v) is 2.88. The fourth-order valence-electron chi connectivity index (χ4n) is 2.68. The summed E-state index contributed by atoms with van der Waals surface area (Å²) in [5.74, 6) is 0. The lowest BCUT2D eigenvalue weighted by atomic mass is 10.2. The van der Waals surface area contributed by atoms with E-state index >= 15 is 0 Å². The summed E-state index contributed by atoms with van der Waals surface area (Å²) in [5, 5.41) is 6.25. The lowest BCUT2D eigenvalue weighted by molar-refractivity contribution is 0.252. The van der Waals surface area contributed by atoms with E-state index in [9.17, 15) is 4.79 Å². The lowest BCUT2D eigenvalue weighted by Crippen LogP contribution is -2.36. The molecule has 0 fully saturated rings. The molecule has 0 spiro atoms. The van der Waals surface area contributed by atoms with Gasteiger partial charge < -0.3 is 15.5 Å². The van der Waals surface area contributed by atoms with Gasteiger partial charge in [-0.1, -0.05) is 35.9 Å². The Labute approximate surface area is 135 Å². The van der Waals surface area contributed by atoms with Crippen molar-refractivity contribution in [3.05, 3.63) is 59.1 Å². The minimum atomic E-state index is -0.213. The smallest absolute Gasteiger partial charge is 0.319 e. The highest BCUT2D eigenvalue weighted by atomic mass is 35.5. The first-order chi connectivity index (χ1) is 10.7. The Kier molecular flexibility index (Phi) is 4.49. The van der Waals surface area contributed by atoms with Crippen LogP contribution >= 0.6 is 11.6 Å². The predicted octanol–water partition coefficient (Wildman–Crippen LogP) is 3.52. The van der Waals surface area contributed by atoms with E-state index in [-0.39, 0.29) is 6.03 Å². The molecular formula is C17H18ClN3O. The van der Waals surface area contributed by atoms with E-state index in [4.69, 9.17) is 11.6 Å². The number of hydrogen-bond donors (Lipinski definition) is 2. The first-order valence-electron chi connectivity index (χ1n) is 7.35. The molecule has 0 aromatic heterocycles. The third kappa shape index (κ3) is 3.52. The molecule has 0 saturated heterocycles. The van der Waals surface area contributed by atoms with Gasteiger partial charge in [0.05, 0.1) is 0 Å². The van der Waals surface area contributed by atoms with Crippen molar-refractivity contribution >= 4 is 29.0 Å². The van der Waals surface area contributed by atoms with E-state index in [1.165, 1.54) is 11.3 Å². The summed E-state index contributed by atoms with van der Waals surface area (Å²) in [7, 11) is 0. The average molecular weight is 316 g/mol. The van der Waals surface area contributed by atoms with E-state index in [0.29, 0.717) is 17.3 Å². The molecule has 1 aliphatic rings. The minimum Gasteiger partial charge on any atom is -0.369 e. The van der Waals surface area contributed by atoms with Crippen LogP contribution in [0.1, 0.15) is 5.56 Å². The monoisotopic (exact) mass is 315 g/mol. The highest BCUT2D eigenvalue weighted by Gasteiger charge is 2.17. The highest BCUT2D eigenvalue weighted by Crippen LogP contribution is 2.26. The molecule has 2 N–H and O–H groups in total. The number of para-hydroxylation sites is 1. The molecule has 22 heavy (non-hydrogen) atoms. The molecule has 0 atom stereocenters. The van der Waals surface area contributed by atoms with E-state index in [2.05, 4.69) is 39.8 Å². The van der Waals surface area contributed by atoms with Gasteiger partial charge in [0.1, 0.15) is 0 Å². The first-order valence-corrected chi connectivity index (χ1v) is 7.73. The topological polar surface area (TPSA) is 44.4 Å². The van der Waals surface area contributed by atoms with Crippen molar-refractivity contribution < 1.29 is 4.79 Å². The van der Waals surface area contributed by atoms with Gasteiger partial charge in [0.25, 0.3) is 0 Å². The molecule has 0 bridgehead atoms. The Morgan fingerprint density at radius 2 is 2.05 bits per heavy atom. The Hall–Kier alpha value is -2.20. The van der Waals surface area contributed by atoms with Crippen LogP contribution in [0.5, 0.6) is 0 Å². The van der Waals surface area contributed by atoms with Gasteiger partial charge in [-0.3, -0.25) is 0 Å². The number of halogens is 1. The Bertz CT molecular complexity index is 674. The SMILES string of the molecule is O=C(NCCN1CCc2ccccc21)Nc1cccc(Cl)c1. The van der Waals surface area contributed by atoms with Crippen LogP contribution in [0.25, 0.3) is 0 Å². The molecule has 0 saturated carbocycles. The number of urea groups is 1. The summed E-state index contributed by atoms with van der Waals surface area (Å²) in [6.07, 6.45) is 1.07. The lowest BCUT2D eigenvalue weighted by Gasteiger charge is -2.19. The second-order valence-corrected chi connectivity index (χ2v) is 5.69. The second kappa shape index (κ2) is 6.71. The fraction of sp³-hybridized carbons (Fsp3) is 0.235. The van der Waals surface area contributed by atoms with Gasteiger partial charge in [-0.05, 0) is 36.2 Å². The summed E-state index contributed by atoms with van der Waals surface area (Å²) in [6, 6.07) is 15.3. The van der Waals surface area contributed by atoms with Crippen molar-refractivity contribution in [2.24, 2.45) is 0 Å². The Morgan fingerprint density at radius 3 is 2.91 bits per heavy atom. The van der Waals surface area contributed by atoms with Gasteiger partial charge >= 0.3 is 6.03 Å². The summed E-state index contributed by atoms with van der Waals surface area (Å²) in [5.41, 5.74) is 3.35. The van der Waals surface area contributed by atoms with Crippen LogP contribution in [-0.4, -0.2) is 25.7 Å². The van der Waals surface area contributed by atoms with Crippen LogP contribution in [0.4, 0.5) is 16.2 Å². The van der Waals surface area contributed by atoms with Crippen molar-refractivity contribution in [2.75, 3.05) is 29.9 Å². The van der Waals surface area contributed by atoms with Crippen molar-refractivity contribution in [1.29, 1.82) is 0 Å². The number of amides is 2. The number of nitrogens with zero attached hydrogens (tertiary/aromatic N) is 1. The van der Waals surface area contributed by atoms with Crippen LogP contribution in [0.3, 0.4) is 0 Å². The molecule has 2 aromatic carbocycles. The van der Waals surface area contributed by atoms with Crippen molar-refractivity contribution in [1.82, 2.24) is 5.32 Å². The largest absolute Gasteiger partial charge is 0.369 e. The quantitative estimate of drug-likeness (QED) is 0.906. The molecule has 4 nitrogen and oxygen atoms in total. The van der Waals surface area contributed by atoms with Gasteiger partial charge in [-0.2, -0.15) is 0 Å². The number of carbonyl (C=O) groups excluding carboxylic acids is 1. The molecule has 2 aromatic rings. The van der Waals surface area contributed by atoms with E-state index in [1.807, 2.05) is 6.07 Å². The molecule has 0 unspecified atom stereocenters. The zero-order chi connectivity index (χ0) is 15.4. The highest BCUT2D eigenvalue weighted by molar-refractivity contribution is 6.30. The normalized spacial score (nSPS) is 12.9. The van der Waals surface area contributed by atoms with Crippen LogP contribution < -0.4 is 15.5 Å². The average Bonchev–Trinajstić information content (AvgIpc) is 2.91. The summed E-state index contributed by atoms with van der Waals surface area (Å²) >= 11 is 5.89. The van der Waals surface area contributed by atoms with E-state index in [0.717, 1.165) is 19.5 Å². The third-order valence-corrected chi connectivity index (χ3v) is 3.97. The van der Waals surface area contributed by atoms with Crippen molar-refractivity contribution in [3.8, 4) is 0 Å². The van der Waals surface area contributed by atoms with Gasteiger partial charge in [-0.15, -0.1) is 0 Å². The zero-order valence-electron chi connectivity index (χ0n) is 12.2. The number of hydrogen-bond acceptors (Lipinski definition) is 2. The van der Waals surface area contributed by atoms with Crippen molar-refractivity contribution in [2.45, 2.75) is 6.42 Å². The van der Waals surface area contributed by atoms with Gasteiger partial charge in [0.15, 0.2) is 0 Å². The number of nitrogens with one attached hydrogen (secondary N) is 2. The number of carbonyl (C=O) groups is 1. The molecular weight excluding hydrogens is 298 g/mol. The van der Waals surface area contributed by atoms with Gasteiger partial charge in [0, 0.05) is 36.0 Å². The maximum absolute atomic E-state index is 11.9. The summed E-state index contributed by atoms with van der Waals surface area (Å²) < 4.78 is 0. The molecule has 0 radical (unpaired) electrons. The molecule has 0 aliphatic carbocycles. The number of benzene rings is 2. The number of anilines is 2. The molecule has 1 aliphatic heterocycles. The summed E-state index contributed by atoms with van der Waals surface area (Å²) in [4.78, 5) is 14.2. The number of rotatable bonds is 4. The molecule has 3 rings (SSSR count). The van der Waals surface area contributed by atoms with Crippen molar-refractivity contribution in [3.63, 3.8) is 0 Å². The van der Waals surface area contributed by atoms with Crippen LogP contribution in [0, 0.1) is 0 Å². The number of fused-ring (bicyclic) bond motifs is 1. The zero-order valence-corrected chi connectivity index (χ0v) is 12.9. The van der Waals surface area contributed by atoms with E-state index in [1.54, 1.807) is 18.2 Å². The van der Waals surface area contributed by atoms with Crippen LogP contribution in [0.15, 0.2) is 48.5 Å². The maximum Gasteiger partial charge on any atom is 0.319 e. The second-order valence-electron chi connectivity index (χ2n) is 5.26. The summed E-state index contributed by atoms with van der Waals surface area (Å²) in [6.45, 7) is 2.41. The minimum absolute atomic E-state index is 0.213. The van der Waals surface area contributed by atoms with Gasteiger partial charge in [-0.25, -0.2) is 4.79 Å². The first kappa shape index (κ1) is 14.7. The van der Waals surface area contributed by atoms with E-state index < -0.39 is 0 Å². The molecule has 5 heteroatoms. The molecule has 1 heterocycles. The Morgan fingerprint density at radius 1 is 1.18 bits per heavy atom. The molecule has 114 valence electrons. The van der Waals surface area contributed by atoms with Crippen LogP contribution in [0.2, 0.25) is 5.02 Å². The molecule has 2 amide bonds. The maximum atomic E-state index is 11.9. The standard InChI is InChI=1S/C17H18ClN3O/c18-14-5-3-6-15(12-14)20-17(22)19-9-11-21-10-8-13-4-1-2-7-16(13)21/h1-7,12H,8-11H2,(H2,19,20,22). The Balaban J connectivity index is 1.47. The predicted molar refractivity (Wildman–Crippen MR) is 90.8 cm³/mol.